The molecule has 0 radical (unpaired) electrons. The van der Waals surface area contributed by atoms with Crippen molar-refractivity contribution in [3.63, 3.8) is 0 Å². The van der Waals surface area contributed by atoms with E-state index in [0.717, 1.165) is 5.56 Å². The lowest BCUT2D eigenvalue weighted by Gasteiger charge is -2.09. The number of nitrogens with zero attached hydrogens (tertiary/aromatic N) is 4. The highest BCUT2D eigenvalue weighted by atomic mass is 35.5. The number of carbonyl (C=O) groups excluding carboxylic acids is 1. The third kappa shape index (κ3) is 4.11. The van der Waals surface area contributed by atoms with Crippen molar-refractivity contribution in [2.75, 3.05) is 0 Å². The van der Waals surface area contributed by atoms with Crippen LogP contribution in [0.5, 0.6) is 0 Å². The number of halogens is 4. The summed E-state index contributed by atoms with van der Waals surface area (Å²) < 4.78 is 7.02. The monoisotopic (exact) mass is 516 g/mol. The average molecular weight is 518 g/mol. The molecule has 0 fully saturated rings. The van der Waals surface area contributed by atoms with E-state index in [0.29, 0.717) is 38.2 Å². The van der Waals surface area contributed by atoms with Gasteiger partial charge in [-0.2, -0.15) is 4.98 Å². The first-order chi connectivity index (χ1) is 15.9. The van der Waals surface area contributed by atoms with Crippen LogP contribution in [0.3, 0.4) is 0 Å². The van der Waals surface area contributed by atoms with Gasteiger partial charge in [0.1, 0.15) is 10.8 Å². The maximum Gasteiger partial charge on any atom is 0.276 e. The number of pyridine rings is 1. The largest absolute Gasteiger partial charge is 0.332 e. The van der Waals surface area contributed by atoms with Crippen LogP contribution in [0.2, 0.25) is 20.2 Å². The van der Waals surface area contributed by atoms with Gasteiger partial charge in [-0.25, -0.2) is 0 Å². The number of rotatable bonds is 5. The van der Waals surface area contributed by atoms with Crippen molar-refractivity contribution in [2.45, 2.75) is 6.54 Å². The molecule has 164 valence electrons. The van der Waals surface area contributed by atoms with E-state index < -0.39 is 5.78 Å². The molecule has 2 aromatic carbocycles. The fraction of sp³-hybridized carbons (Fsp3) is 0.0435. The van der Waals surface area contributed by atoms with Crippen molar-refractivity contribution in [1.29, 1.82) is 0 Å². The first kappa shape index (κ1) is 21.9. The molecule has 0 aliphatic heterocycles. The molecule has 0 bridgehead atoms. The van der Waals surface area contributed by atoms with Crippen LogP contribution in [0.15, 0.2) is 65.3 Å². The fourth-order valence-corrected chi connectivity index (χ4v) is 4.49. The Labute approximate surface area is 207 Å². The van der Waals surface area contributed by atoms with Crippen LogP contribution in [-0.4, -0.2) is 25.5 Å². The molecule has 33 heavy (non-hydrogen) atoms. The molecule has 0 aliphatic carbocycles. The molecule has 0 saturated carbocycles. The zero-order valence-corrected chi connectivity index (χ0v) is 19.6. The van der Waals surface area contributed by atoms with Crippen molar-refractivity contribution in [3.8, 4) is 11.6 Å². The van der Waals surface area contributed by atoms with Gasteiger partial charge < -0.3 is 9.09 Å². The summed E-state index contributed by atoms with van der Waals surface area (Å²) in [5.74, 6) is -0.509. The zero-order chi connectivity index (χ0) is 23.1. The summed E-state index contributed by atoms with van der Waals surface area (Å²) in [7, 11) is 0. The number of carbonyl (C=O) groups is 1. The lowest BCUT2D eigenvalue weighted by Crippen LogP contribution is -2.06. The molecule has 6 nitrogen and oxygen atoms in total. The van der Waals surface area contributed by atoms with Crippen molar-refractivity contribution in [2.24, 2.45) is 0 Å². The number of benzene rings is 2. The summed E-state index contributed by atoms with van der Waals surface area (Å²) in [4.78, 5) is 21.8. The van der Waals surface area contributed by atoms with E-state index in [9.17, 15) is 4.79 Å². The quantitative estimate of drug-likeness (QED) is 0.235. The number of hydrogen-bond donors (Lipinski definition) is 0. The normalized spacial score (nSPS) is 11.3. The first-order valence-corrected chi connectivity index (χ1v) is 11.1. The molecule has 3 heterocycles. The van der Waals surface area contributed by atoms with E-state index in [1.54, 1.807) is 59.3 Å². The predicted octanol–water partition coefficient (Wildman–Crippen LogP) is 6.98. The van der Waals surface area contributed by atoms with E-state index in [1.165, 1.54) is 0 Å². The van der Waals surface area contributed by atoms with Crippen LogP contribution in [0.1, 0.15) is 21.7 Å². The molecular weight excluding hydrogens is 506 g/mol. The predicted molar refractivity (Wildman–Crippen MR) is 128 cm³/mol. The number of ketones is 1. The lowest BCUT2D eigenvalue weighted by atomic mass is 10.1. The molecule has 3 aromatic heterocycles. The smallest absolute Gasteiger partial charge is 0.276 e. The highest BCUT2D eigenvalue weighted by Gasteiger charge is 2.27. The van der Waals surface area contributed by atoms with Crippen LogP contribution in [0, 0.1) is 0 Å². The average Bonchev–Trinajstić information content (AvgIpc) is 3.39. The Morgan fingerprint density at radius 2 is 1.76 bits per heavy atom. The molecule has 0 aliphatic rings. The molecule has 5 rings (SSSR count). The van der Waals surface area contributed by atoms with E-state index >= 15 is 0 Å². The van der Waals surface area contributed by atoms with Crippen LogP contribution < -0.4 is 0 Å². The van der Waals surface area contributed by atoms with Gasteiger partial charge in [0, 0.05) is 26.7 Å². The summed E-state index contributed by atoms with van der Waals surface area (Å²) in [6, 6.07) is 15.6. The van der Waals surface area contributed by atoms with Crippen molar-refractivity contribution in [1.82, 2.24) is 19.7 Å². The SMILES string of the molecule is O=C(c1noc(-c2ccccn2)n1)c1c(Cl)n(Cc2ccc(Cl)cc2Cl)c2ccc(Cl)cc12. The second kappa shape index (κ2) is 8.80. The van der Waals surface area contributed by atoms with Gasteiger partial charge in [0.25, 0.3) is 5.89 Å². The topological polar surface area (TPSA) is 73.8 Å². The van der Waals surface area contributed by atoms with E-state index in [-0.39, 0.29) is 22.4 Å². The van der Waals surface area contributed by atoms with Gasteiger partial charge in [-0.05, 0) is 48.0 Å². The molecular formula is C23H12Cl4N4O2. The minimum atomic E-state index is -0.501. The summed E-state index contributed by atoms with van der Waals surface area (Å²) in [6.45, 7) is 0.311. The Bertz CT molecular complexity index is 1510. The van der Waals surface area contributed by atoms with Crippen molar-refractivity contribution in [3.05, 3.63) is 98.0 Å². The Morgan fingerprint density at radius 3 is 2.52 bits per heavy atom. The second-order valence-corrected chi connectivity index (χ2v) is 8.75. The second-order valence-electron chi connectivity index (χ2n) is 7.12. The van der Waals surface area contributed by atoms with Gasteiger partial charge >= 0.3 is 0 Å². The van der Waals surface area contributed by atoms with Crippen LogP contribution in [0.4, 0.5) is 0 Å². The number of fused-ring (bicyclic) bond motifs is 1. The van der Waals surface area contributed by atoms with E-state index in [1.807, 2.05) is 6.07 Å². The summed E-state index contributed by atoms with van der Waals surface area (Å²) >= 11 is 25.4. The maximum atomic E-state index is 13.4. The van der Waals surface area contributed by atoms with Gasteiger partial charge in [0.2, 0.25) is 11.6 Å². The molecule has 0 saturated heterocycles. The fourth-order valence-electron chi connectivity index (χ4n) is 3.51. The van der Waals surface area contributed by atoms with E-state index in [2.05, 4.69) is 15.1 Å². The maximum absolute atomic E-state index is 13.4. The molecule has 5 aromatic rings. The zero-order valence-electron chi connectivity index (χ0n) is 16.6. The van der Waals surface area contributed by atoms with Gasteiger partial charge in [-0.15, -0.1) is 0 Å². The van der Waals surface area contributed by atoms with Gasteiger partial charge in [0.15, 0.2) is 0 Å². The summed E-state index contributed by atoms with van der Waals surface area (Å²) in [5.41, 5.74) is 2.16. The lowest BCUT2D eigenvalue weighted by molar-refractivity contribution is 0.102. The highest BCUT2D eigenvalue weighted by molar-refractivity contribution is 6.38. The third-order valence-electron chi connectivity index (χ3n) is 5.05. The minimum Gasteiger partial charge on any atom is -0.332 e. The Hall–Kier alpha value is -2.90. The summed E-state index contributed by atoms with van der Waals surface area (Å²) in [6.07, 6.45) is 1.59. The standard InChI is InChI=1S/C23H12Cl4N4O2/c24-13-6-7-18-15(9-13)19(21(27)31(18)11-12-4-5-14(25)10-16(12)26)20(32)22-29-23(33-30-22)17-3-1-2-8-28-17/h1-10H,11H2. The molecule has 0 atom stereocenters. The van der Waals surface area contributed by atoms with Crippen molar-refractivity contribution >= 4 is 63.1 Å². The Kier molecular flexibility index (Phi) is 5.85. The van der Waals surface area contributed by atoms with Crippen LogP contribution >= 0.6 is 46.4 Å². The number of hydrogen-bond acceptors (Lipinski definition) is 5. The van der Waals surface area contributed by atoms with Gasteiger partial charge in [-0.3, -0.25) is 9.78 Å². The molecule has 0 spiro atoms. The minimum absolute atomic E-state index is 0.129. The van der Waals surface area contributed by atoms with Gasteiger partial charge in [-0.1, -0.05) is 63.7 Å². The van der Waals surface area contributed by atoms with Crippen LogP contribution in [-0.2, 0) is 6.54 Å². The first-order valence-electron chi connectivity index (χ1n) is 9.63. The Morgan fingerprint density at radius 1 is 0.970 bits per heavy atom. The molecule has 0 amide bonds. The van der Waals surface area contributed by atoms with Crippen LogP contribution in [0.25, 0.3) is 22.5 Å². The molecule has 10 heteroatoms. The molecule has 0 N–H and O–H groups in total. The summed E-state index contributed by atoms with van der Waals surface area (Å²) in [5, 5.41) is 6.07. The Balaban J connectivity index is 1.61. The molecule has 0 unspecified atom stereocenters. The van der Waals surface area contributed by atoms with Crippen molar-refractivity contribution < 1.29 is 9.32 Å². The highest BCUT2D eigenvalue weighted by Crippen LogP contribution is 2.35. The third-order valence-corrected chi connectivity index (χ3v) is 6.26. The number of aromatic nitrogens is 4. The van der Waals surface area contributed by atoms with Gasteiger partial charge in [0.05, 0.1) is 17.6 Å². The van der Waals surface area contributed by atoms with E-state index in [4.69, 9.17) is 50.9 Å².